The Bertz CT molecular complexity index is 605. The summed E-state index contributed by atoms with van der Waals surface area (Å²) in [6.07, 6.45) is 1.70. The molecular formula is C13H18N4O2S. The molecular weight excluding hydrogens is 276 g/mol. The zero-order valence-electron chi connectivity index (χ0n) is 12.0. The monoisotopic (exact) mass is 294 g/mol. The summed E-state index contributed by atoms with van der Waals surface area (Å²) >= 11 is 1.40. The zero-order chi connectivity index (χ0) is 14.7. The van der Waals surface area contributed by atoms with Gasteiger partial charge in [0.15, 0.2) is 0 Å². The Morgan fingerprint density at radius 1 is 1.55 bits per heavy atom. The molecule has 6 nitrogen and oxygen atoms in total. The number of amides is 1. The minimum absolute atomic E-state index is 0.128. The summed E-state index contributed by atoms with van der Waals surface area (Å²) in [6.45, 7) is 4.12. The summed E-state index contributed by atoms with van der Waals surface area (Å²) in [5.74, 6) is -0.128. The van der Waals surface area contributed by atoms with Crippen molar-refractivity contribution in [2.24, 2.45) is 7.05 Å². The molecule has 0 aliphatic carbocycles. The molecule has 7 heteroatoms. The molecule has 0 aliphatic heterocycles. The van der Waals surface area contributed by atoms with E-state index in [2.05, 4.69) is 15.4 Å². The molecule has 1 amide bonds. The van der Waals surface area contributed by atoms with Crippen LogP contribution in [0.5, 0.6) is 0 Å². The van der Waals surface area contributed by atoms with E-state index in [0.29, 0.717) is 11.5 Å². The lowest BCUT2D eigenvalue weighted by Gasteiger charge is -2.17. The van der Waals surface area contributed by atoms with Gasteiger partial charge in [-0.15, -0.1) is 11.3 Å². The van der Waals surface area contributed by atoms with E-state index in [1.807, 2.05) is 27.0 Å². The van der Waals surface area contributed by atoms with Crippen molar-refractivity contribution < 1.29 is 9.53 Å². The number of aryl methyl sites for hydroxylation is 3. The number of nitrogens with zero attached hydrogens (tertiary/aromatic N) is 3. The predicted octanol–water partition coefficient (Wildman–Crippen LogP) is 1.61. The number of ether oxygens (including phenoxy) is 1. The molecule has 0 bridgehead atoms. The van der Waals surface area contributed by atoms with Crippen LogP contribution in [0.2, 0.25) is 0 Å². The molecule has 0 aliphatic rings. The Labute approximate surface area is 121 Å². The van der Waals surface area contributed by atoms with Crippen molar-refractivity contribution in [3.63, 3.8) is 0 Å². The molecule has 2 aromatic rings. The number of aromatic nitrogens is 3. The number of thiazole rings is 1. The van der Waals surface area contributed by atoms with Crippen LogP contribution in [-0.2, 0) is 11.8 Å². The normalized spacial score (nSPS) is 12.4. The second-order valence-electron chi connectivity index (χ2n) is 4.51. The summed E-state index contributed by atoms with van der Waals surface area (Å²) in [7, 11) is 3.45. The maximum Gasteiger partial charge on any atom is 0.263 e. The average molecular weight is 294 g/mol. The maximum absolute atomic E-state index is 12.3. The molecule has 0 fully saturated rings. The highest BCUT2D eigenvalue weighted by atomic mass is 32.1. The van der Waals surface area contributed by atoms with Crippen LogP contribution >= 0.6 is 11.3 Å². The fourth-order valence-electron chi connectivity index (χ4n) is 2.06. The van der Waals surface area contributed by atoms with Gasteiger partial charge < -0.3 is 10.1 Å². The Balaban J connectivity index is 2.18. The van der Waals surface area contributed by atoms with Gasteiger partial charge in [0.05, 0.1) is 29.0 Å². The summed E-state index contributed by atoms with van der Waals surface area (Å²) in [6, 6.07) is 1.64. The second kappa shape index (κ2) is 6.15. The highest BCUT2D eigenvalue weighted by Crippen LogP contribution is 2.19. The molecule has 1 N–H and O–H groups in total. The number of carbonyl (C=O) groups is 1. The molecule has 0 spiro atoms. The first-order chi connectivity index (χ1) is 9.52. The molecule has 2 rings (SSSR count). The summed E-state index contributed by atoms with van der Waals surface area (Å²) < 4.78 is 6.92. The van der Waals surface area contributed by atoms with Crippen LogP contribution in [0.25, 0.3) is 0 Å². The quantitative estimate of drug-likeness (QED) is 0.909. The van der Waals surface area contributed by atoms with E-state index >= 15 is 0 Å². The minimum atomic E-state index is -0.234. The smallest absolute Gasteiger partial charge is 0.263 e. The first-order valence-corrected chi connectivity index (χ1v) is 7.06. The van der Waals surface area contributed by atoms with Crippen molar-refractivity contribution >= 4 is 17.2 Å². The van der Waals surface area contributed by atoms with Gasteiger partial charge in [0.1, 0.15) is 4.88 Å². The van der Waals surface area contributed by atoms with Gasteiger partial charge in [0.25, 0.3) is 5.91 Å². The maximum atomic E-state index is 12.3. The van der Waals surface area contributed by atoms with Gasteiger partial charge >= 0.3 is 0 Å². The first-order valence-electron chi connectivity index (χ1n) is 6.24. The van der Waals surface area contributed by atoms with Crippen LogP contribution in [0.3, 0.4) is 0 Å². The van der Waals surface area contributed by atoms with Crippen LogP contribution < -0.4 is 5.32 Å². The van der Waals surface area contributed by atoms with Crippen molar-refractivity contribution in [2.45, 2.75) is 19.9 Å². The van der Waals surface area contributed by atoms with Crippen molar-refractivity contribution in [3.8, 4) is 0 Å². The van der Waals surface area contributed by atoms with Gasteiger partial charge in [0, 0.05) is 20.4 Å². The van der Waals surface area contributed by atoms with E-state index in [-0.39, 0.29) is 11.9 Å². The summed E-state index contributed by atoms with van der Waals surface area (Å²) in [4.78, 5) is 17.3. The zero-order valence-corrected chi connectivity index (χ0v) is 12.8. The number of hydrogen-bond acceptors (Lipinski definition) is 5. The van der Waals surface area contributed by atoms with Crippen molar-refractivity contribution in [3.05, 3.63) is 33.5 Å². The van der Waals surface area contributed by atoms with Gasteiger partial charge in [-0.25, -0.2) is 4.98 Å². The topological polar surface area (TPSA) is 69.0 Å². The van der Waals surface area contributed by atoms with Crippen LogP contribution in [0.15, 0.2) is 12.3 Å². The molecule has 0 saturated carbocycles. The Morgan fingerprint density at radius 3 is 2.80 bits per heavy atom. The Kier molecular flexibility index (Phi) is 4.51. The second-order valence-corrected chi connectivity index (χ2v) is 5.71. The molecule has 108 valence electrons. The number of rotatable bonds is 5. The van der Waals surface area contributed by atoms with Crippen molar-refractivity contribution in [1.82, 2.24) is 20.1 Å². The SMILES string of the molecule is COC[C@H](NC(=O)c1sc(C)nc1C)c1ccnn1C. The molecule has 0 saturated heterocycles. The largest absolute Gasteiger partial charge is 0.382 e. The Morgan fingerprint density at radius 2 is 2.30 bits per heavy atom. The van der Waals surface area contributed by atoms with E-state index in [1.165, 1.54) is 11.3 Å². The van der Waals surface area contributed by atoms with Gasteiger partial charge in [-0.1, -0.05) is 0 Å². The number of nitrogens with one attached hydrogen (secondary N) is 1. The molecule has 20 heavy (non-hydrogen) atoms. The lowest BCUT2D eigenvalue weighted by Crippen LogP contribution is -2.32. The molecule has 0 aromatic carbocycles. The number of methoxy groups -OCH3 is 1. The van der Waals surface area contributed by atoms with E-state index < -0.39 is 0 Å². The van der Waals surface area contributed by atoms with E-state index in [0.717, 1.165) is 16.4 Å². The molecule has 0 unspecified atom stereocenters. The van der Waals surface area contributed by atoms with E-state index in [4.69, 9.17) is 4.74 Å². The average Bonchev–Trinajstić information content (AvgIpc) is 2.94. The lowest BCUT2D eigenvalue weighted by molar-refractivity contribution is 0.0895. The standard InChI is InChI=1S/C13H18N4O2S/c1-8-12(20-9(2)15-8)13(18)16-10(7-19-4)11-5-6-14-17(11)3/h5-6,10H,7H2,1-4H3,(H,16,18)/t10-/m0/s1. The van der Waals surface area contributed by atoms with Gasteiger partial charge in [0.2, 0.25) is 0 Å². The third kappa shape index (κ3) is 3.05. The van der Waals surface area contributed by atoms with Crippen molar-refractivity contribution in [1.29, 1.82) is 0 Å². The van der Waals surface area contributed by atoms with Gasteiger partial charge in [-0.05, 0) is 19.9 Å². The molecule has 0 radical (unpaired) electrons. The highest BCUT2D eigenvalue weighted by Gasteiger charge is 2.21. The van der Waals surface area contributed by atoms with Gasteiger partial charge in [-0.3, -0.25) is 9.48 Å². The fourth-order valence-corrected chi connectivity index (χ4v) is 2.88. The summed E-state index contributed by atoms with van der Waals surface area (Å²) in [5.41, 5.74) is 1.66. The molecule has 2 heterocycles. The predicted molar refractivity (Wildman–Crippen MR) is 76.9 cm³/mol. The van der Waals surface area contributed by atoms with E-state index in [1.54, 1.807) is 18.0 Å². The lowest BCUT2D eigenvalue weighted by atomic mass is 10.2. The summed E-state index contributed by atoms with van der Waals surface area (Å²) in [5, 5.41) is 7.98. The number of carbonyl (C=O) groups excluding carboxylic acids is 1. The minimum Gasteiger partial charge on any atom is -0.382 e. The third-order valence-electron chi connectivity index (χ3n) is 2.96. The van der Waals surface area contributed by atoms with Crippen LogP contribution in [-0.4, -0.2) is 34.4 Å². The number of hydrogen-bond donors (Lipinski definition) is 1. The molecule has 1 atom stereocenters. The Hall–Kier alpha value is -1.73. The van der Waals surface area contributed by atoms with Crippen molar-refractivity contribution in [2.75, 3.05) is 13.7 Å². The molecule has 2 aromatic heterocycles. The van der Waals surface area contributed by atoms with Crippen LogP contribution in [0.4, 0.5) is 0 Å². The first kappa shape index (κ1) is 14.7. The van der Waals surface area contributed by atoms with Crippen LogP contribution in [0, 0.1) is 13.8 Å². The third-order valence-corrected chi connectivity index (χ3v) is 4.04. The highest BCUT2D eigenvalue weighted by molar-refractivity contribution is 7.13. The van der Waals surface area contributed by atoms with Crippen LogP contribution in [0.1, 0.15) is 32.1 Å². The fraction of sp³-hybridized carbons (Fsp3) is 0.462. The van der Waals surface area contributed by atoms with Gasteiger partial charge in [-0.2, -0.15) is 5.10 Å². The van der Waals surface area contributed by atoms with E-state index in [9.17, 15) is 4.79 Å².